The fourth-order valence-corrected chi connectivity index (χ4v) is 4.28. The summed E-state index contributed by atoms with van der Waals surface area (Å²) in [6.45, 7) is 4.72. The second kappa shape index (κ2) is 10.4. The van der Waals surface area contributed by atoms with Gasteiger partial charge in [-0.15, -0.1) is 0 Å². The molecule has 2 atom stereocenters. The number of β-lactam (4-membered cyclic amide) rings is 1. The fraction of sp³-hybridized carbons (Fsp3) is 0.529. The summed E-state index contributed by atoms with van der Waals surface area (Å²) in [5.74, 6) is -3.82. The summed E-state index contributed by atoms with van der Waals surface area (Å²) in [4.78, 5) is 64.2. The van der Waals surface area contributed by atoms with Crippen LogP contribution in [0.3, 0.4) is 0 Å². The summed E-state index contributed by atoms with van der Waals surface area (Å²) in [5.41, 5.74) is 1.04. The van der Waals surface area contributed by atoms with E-state index in [1.54, 1.807) is 20.8 Å². The van der Waals surface area contributed by atoms with E-state index in [2.05, 4.69) is 20.8 Å². The number of carbonyl (C=O) groups excluding carboxylic acids is 5. The molecule has 3 heterocycles. The number of rotatable bonds is 6. The minimum absolute atomic E-state index is 0. The molecular formula is C17H24N7NaO8S. The van der Waals surface area contributed by atoms with Crippen LogP contribution in [0.15, 0.2) is 0 Å². The van der Waals surface area contributed by atoms with Crippen molar-refractivity contribution in [3.05, 3.63) is 17.0 Å². The molecule has 0 bridgehead atoms. The zero-order chi connectivity index (χ0) is 24.7. The van der Waals surface area contributed by atoms with E-state index in [1.807, 2.05) is 0 Å². The Morgan fingerprint density at radius 3 is 2.35 bits per heavy atom. The quantitative estimate of drug-likeness (QED) is 0.133. The molecule has 15 nitrogen and oxygen atoms in total. The molecule has 2 unspecified atom stereocenters. The number of hydrogen-bond acceptors (Lipinski definition) is 8. The van der Waals surface area contributed by atoms with Gasteiger partial charge in [-0.25, -0.2) is 9.10 Å². The summed E-state index contributed by atoms with van der Waals surface area (Å²) >= 11 is 0. The summed E-state index contributed by atoms with van der Waals surface area (Å²) in [5, 5.41) is 11.3. The molecule has 2 fully saturated rings. The number of piperazine rings is 1. The van der Waals surface area contributed by atoms with Crippen molar-refractivity contribution < 1.29 is 36.9 Å². The first kappa shape index (κ1) is 27.7. The van der Waals surface area contributed by atoms with Crippen molar-refractivity contribution in [1.29, 1.82) is 0 Å². The molecule has 2 saturated heterocycles. The zero-order valence-corrected chi connectivity index (χ0v) is 18.8. The molecule has 0 spiro atoms. The third-order valence-corrected chi connectivity index (χ3v) is 6.31. The summed E-state index contributed by atoms with van der Waals surface area (Å²) in [7, 11) is -4.74. The van der Waals surface area contributed by atoms with Crippen molar-refractivity contribution in [3.63, 3.8) is 0 Å². The normalized spacial score (nSPS) is 19.4. The van der Waals surface area contributed by atoms with E-state index in [9.17, 15) is 32.4 Å². The van der Waals surface area contributed by atoms with Crippen LogP contribution >= 0.6 is 0 Å². The van der Waals surface area contributed by atoms with Crippen LogP contribution in [-0.2, 0) is 29.5 Å². The number of aromatic nitrogens is 2. The first-order valence-electron chi connectivity index (χ1n) is 9.88. The summed E-state index contributed by atoms with van der Waals surface area (Å²) in [6, 6.07) is -3.66. The van der Waals surface area contributed by atoms with Crippen LogP contribution in [0.4, 0.5) is 4.79 Å². The molecular weight excluding hydrogens is 485 g/mol. The number of nitrogens with one attached hydrogen (secondary N) is 3. The summed E-state index contributed by atoms with van der Waals surface area (Å²) < 4.78 is 31.3. The Labute approximate surface area is 216 Å². The summed E-state index contributed by atoms with van der Waals surface area (Å²) in [6.07, 6.45) is 0. The number of H-pyrrole nitrogens is 1. The van der Waals surface area contributed by atoms with Crippen LogP contribution in [0.1, 0.15) is 29.9 Å². The van der Waals surface area contributed by atoms with E-state index in [1.165, 1.54) is 4.90 Å². The van der Waals surface area contributed by atoms with Gasteiger partial charge in [-0.1, -0.05) is 0 Å². The molecule has 182 valence electrons. The molecule has 1 aromatic rings. The van der Waals surface area contributed by atoms with E-state index in [-0.39, 0.29) is 52.5 Å². The van der Waals surface area contributed by atoms with Crippen LogP contribution in [0.2, 0.25) is 0 Å². The molecule has 34 heavy (non-hydrogen) atoms. The Bertz CT molecular complexity index is 1120. The maximum absolute atomic E-state index is 13.0. The maximum atomic E-state index is 13.0. The van der Waals surface area contributed by atoms with Gasteiger partial charge in [0, 0.05) is 30.9 Å². The average Bonchev–Trinajstić information content (AvgIpc) is 3.07. The van der Waals surface area contributed by atoms with Crippen molar-refractivity contribution in [2.45, 2.75) is 32.9 Å². The number of aromatic amines is 1. The van der Waals surface area contributed by atoms with Crippen molar-refractivity contribution in [3.8, 4) is 0 Å². The van der Waals surface area contributed by atoms with Gasteiger partial charge in [-0.3, -0.25) is 33.7 Å². The molecule has 0 radical (unpaired) electrons. The zero-order valence-electron chi connectivity index (χ0n) is 18.0. The molecule has 3 rings (SSSR count). The predicted molar refractivity (Wildman–Crippen MR) is 116 cm³/mol. The first-order chi connectivity index (χ1) is 15.4. The van der Waals surface area contributed by atoms with Gasteiger partial charge in [0.05, 0.1) is 12.2 Å². The van der Waals surface area contributed by atoms with Gasteiger partial charge in [0.1, 0.15) is 12.1 Å². The van der Waals surface area contributed by atoms with Gasteiger partial charge in [-0.05, 0) is 20.8 Å². The standard InChI is InChI=1S/C17H23N7O8S.Na.H/c1-4-22-5-6-23(16(28)15(22)27)17(29)19-12(11-8(2)20-21-9(11)3)13(25)18-10-7-24(14(10)26)33(30,31)32;;/h10,12H,4-7H2,1-3H3,(H,18,25)(H,19,29)(H,20,21)(H,30,31,32);;. The predicted octanol–water partition coefficient (Wildman–Crippen LogP) is -3.05. The number of nitrogens with zero attached hydrogens (tertiary/aromatic N) is 4. The van der Waals surface area contributed by atoms with Gasteiger partial charge in [-0.2, -0.15) is 13.5 Å². The van der Waals surface area contributed by atoms with Crippen molar-refractivity contribution >= 4 is 69.5 Å². The minimum atomic E-state index is -4.74. The van der Waals surface area contributed by atoms with E-state index in [0.29, 0.717) is 22.8 Å². The first-order valence-corrected chi connectivity index (χ1v) is 11.3. The second-order valence-electron chi connectivity index (χ2n) is 7.48. The monoisotopic (exact) mass is 509 g/mol. The number of likely N-dealkylation sites (N-methyl/N-ethyl adjacent to an activating group) is 1. The van der Waals surface area contributed by atoms with Crippen LogP contribution in [0, 0.1) is 13.8 Å². The number of carbonyl (C=O) groups is 5. The van der Waals surface area contributed by atoms with Gasteiger partial charge < -0.3 is 15.5 Å². The second-order valence-corrected chi connectivity index (χ2v) is 8.82. The molecule has 17 heteroatoms. The third-order valence-electron chi connectivity index (χ3n) is 5.43. The molecule has 6 amide bonds. The number of imide groups is 1. The molecule has 0 aromatic carbocycles. The van der Waals surface area contributed by atoms with Crippen molar-refractivity contribution in [2.24, 2.45) is 0 Å². The molecule has 4 N–H and O–H groups in total. The number of hydrogen-bond donors (Lipinski definition) is 4. The Morgan fingerprint density at radius 1 is 1.21 bits per heavy atom. The van der Waals surface area contributed by atoms with E-state index in [0.717, 1.165) is 0 Å². The van der Waals surface area contributed by atoms with Crippen molar-refractivity contribution in [1.82, 2.24) is 34.9 Å². The molecule has 2 aliphatic heterocycles. The van der Waals surface area contributed by atoms with E-state index in [4.69, 9.17) is 4.55 Å². The third kappa shape index (κ3) is 5.25. The van der Waals surface area contributed by atoms with Gasteiger partial charge in [0.15, 0.2) is 0 Å². The van der Waals surface area contributed by atoms with E-state index >= 15 is 0 Å². The van der Waals surface area contributed by atoms with Gasteiger partial charge in [0.25, 0.3) is 5.91 Å². The van der Waals surface area contributed by atoms with Crippen molar-refractivity contribution in [2.75, 3.05) is 26.2 Å². The van der Waals surface area contributed by atoms with Crippen LogP contribution in [0.25, 0.3) is 0 Å². The number of amides is 6. The fourth-order valence-electron chi connectivity index (χ4n) is 3.59. The Kier molecular flexibility index (Phi) is 8.47. The Morgan fingerprint density at radius 2 is 1.85 bits per heavy atom. The van der Waals surface area contributed by atoms with Gasteiger partial charge in [0.2, 0.25) is 5.91 Å². The van der Waals surface area contributed by atoms with Crippen LogP contribution < -0.4 is 10.6 Å². The Balaban J connectivity index is 0.00000408. The Hall–Kier alpha value is -2.53. The molecule has 0 aliphatic carbocycles. The number of aryl methyl sites for hydroxylation is 2. The van der Waals surface area contributed by atoms with Crippen LogP contribution in [-0.4, -0.2) is 129 Å². The van der Waals surface area contributed by atoms with Crippen LogP contribution in [0.5, 0.6) is 0 Å². The molecule has 1 aromatic heterocycles. The SMILES string of the molecule is CCN1CCN(C(=O)NC(C(=O)NC2CN(S(=O)(=O)O)C2=O)c2c(C)n[nH]c2C)C(=O)C1=O.[NaH]. The topological polar surface area (TPSA) is 202 Å². The van der Waals surface area contributed by atoms with Gasteiger partial charge >= 0.3 is 57.7 Å². The molecule has 0 saturated carbocycles. The average molecular weight is 509 g/mol. The molecule has 2 aliphatic rings. The number of urea groups is 1. The van der Waals surface area contributed by atoms with E-state index < -0.39 is 58.6 Å².